The van der Waals surface area contributed by atoms with E-state index < -0.39 is 0 Å². The number of nitrogens with one attached hydrogen (secondary N) is 1. The zero-order chi connectivity index (χ0) is 41.2. The summed E-state index contributed by atoms with van der Waals surface area (Å²) in [6.45, 7) is 0. The fraction of sp³-hybridized carbons (Fsp3) is 0.0169. The minimum Gasteiger partial charge on any atom is -0.372 e. The molecule has 1 atom stereocenters. The molecule has 62 heavy (non-hydrogen) atoms. The molecule has 1 aliphatic rings. The van der Waals surface area contributed by atoms with Crippen molar-refractivity contribution < 1.29 is 0 Å². The summed E-state index contributed by atoms with van der Waals surface area (Å²) in [4.78, 5) is 10.8. The lowest BCUT2D eigenvalue weighted by molar-refractivity contribution is 0.981. The largest absolute Gasteiger partial charge is 0.372 e. The molecule has 1 aliphatic heterocycles. The molecule has 0 radical (unpaired) electrons. The van der Waals surface area contributed by atoms with Crippen LogP contribution in [0, 0.1) is 0 Å². The van der Waals surface area contributed by atoms with E-state index in [2.05, 4.69) is 236 Å². The van der Waals surface area contributed by atoms with Crippen LogP contribution in [-0.4, -0.2) is 9.97 Å². The summed E-state index contributed by atoms with van der Waals surface area (Å²) >= 11 is 0. The van der Waals surface area contributed by atoms with Crippen molar-refractivity contribution in [1.82, 2.24) is 9.97 Å². The molecule has 1 unspecified atom stereocenters. The van der Waals surface area contributed by atoms with Gasteiger partial charge in [-0.25, -0.2) is 9.97 Å². The number of fused-ring (bicyclic) bond motifs is 3. The van der Waals surface area contributed by atoms with Crippen molar-refractivity contribution in [3.63, 3.8) is 0 Å². The van der Waals surface area contributed by atoms with Gasteiger partial charge in [0.05, 0.1) is 34.3 Å². The van der Waals surface area contributed by atoms with E-state index in [1.807, 2.05) is 6.07 Å². The molecule has 0 aliphatic carbocycles. The summed E-state index contributed by atoms with van der Waals surface area (Å²) < 4.78 is 0. The van der Waals surface area contributed by atoms with E-state index in [9.17, 15) is 0 Å². The van der Waals surface area contributed by atoms with Gasteiger partial charge in [-0.15, -0.1) is 0 Å². The number of hydrogen-bond donors (Lipinski definition) is 1. The second kappa shape index (κ2) is 16.1. The van der Waals surface area contributed by atoms with Crippen LogP contribution in [0.1, 0.15) is 17.2 Å². The van der Waals surface area contributed by atoms with Crippen LogP contribution in [0.15, 0.2) is 231 Å². The highest BCUT2D eigenvalue weighted by atomic mass is 14.9. The van der Waals surface area contributed by atoms with Gasteiger partial charge in [-0.3, -0.25) is 0 Å². The maximum atomic E-state index is 5.62. The van der Waals surface area contributed by atoms with Crippen molar-refractivity contribution >= 4 is 22.7 Å². The zero-order valence-corrected chi connectivity index (χ0v) is 34.0. The van der Waals surface area contributed by atoms with Crippen LogP contribution in [0.2, 0.25) is 0 Å². The molecule has 1 N–H and O–H groups in total. The van der Waals surface area contributed by atoms with Crippen molar-refractivity contribution in [2.24, 2.45) is 0 Å². The molecule has 0 fully saturated rings. The Hall–Kier alpha value is -8.14. The third kappa shape index (κ3) is 6.96. The predicted molar refractivity (Wildman–Crippen MR) is 259 cm³/mol. The standard InChI is InChI=1S/C59H41N3/c1-6-17-41(18-7-1)51-37-35-47-33-34-48-36-38-52(61-59(48)58(47)60-51)42-31-29-40(30-32-42)49-27-16-28-50(39-49)53-54(43-19-8-2-9-20-43)56(45-23-12-4-13-24-45)62-57(46-25-14-5-15-26-46)55(53)44-21-10-3-11-22-44/h1-39,52,61H. The average Bonchev–Trinajstić information content (AvgIpc) is 3.36. The lowest BCUT2D eigenvalue weighted by Crippen LogP contribution is -2.13. The van der Waals surface area contributed by atoms with Crippen LogP contribution in [0.3, 0.4) is 0 Å². The molecule has 0 bridgehead atoms. The Morgan fingerprint density at radius 2 is 0.855 bits per heavy atom. The van der Waals surface area contributed by atoms with Gasteiger partial charge in [-0.05, 0) is 51.1 Å². The molecule has 11 rings (SSSR count). The summed E-state index contributed by atoms with van der Waals surface area (Å²) in [5.41, 5.74) is 19.6. The van der Waals surface area contributed by atoms with E-state index in [4.69, 9.17) is 9.97 Å². The number of nitrogens with zero attached hydrogens (tertiary/aromatic N) is 2. The third-order valence-corrected chi connectivity index (χ3v) is 11.9. The Morgan fingerprint density at radius 1 is 0.355 bits per heavy atom. The Balaban J connectivity index is 1.03. The highest BCUT2D eigenvalue weighted by molar-refractivity contribution is 6.05. The first kappa shape index (κ1) is 36.9. The van der Waals surface area contributed by atoms with Gasteiger partial charge in [0.25, 0.3) is 0 Å². The zero-order valence-electron chi connectivity index (χ0n) is 34.0. The molecule has 2 aromatic heterocycles. The van der Waals surface area contributed by atoms with Gasteiger partial charge in [0.1, 0.15) is 0 Å². The van der Waals surface area contributed by atoms with Crippen LogP contribution in [0.4, 0.5) is 5.69 Å². The maximum Gasteiger partial charge on any atom is 0.0947 e. The van der Waals surface area contributed by atoms with E-state index in [0.717, 1.165) is 100 Å². The molecule has 0 amide bonds. The molecule has 0 spiro atoms. The fourth-order valence-corrected chi connectivity index (χ4v) is 8.86. The molecular formula is C59H41N3. The molecule has 8 aromatic carbocycles. The summed E-state index contributed by atoms with van der Waals surface area (Å²) in [6.07, 6.45) is 4.47. The Bertz CT molecular complexity index is 3120. The van der Waals surface area contributed by atoms with Gasteiger partial charge in [0, 0.05) is 38.8 Å². The van der Waals surface area contributed by atoms with Crippen molar-refractivity contribution in [1.29, 1.82) is 0 Å². The van der Waals surface area contributed by atoms with Crippen LogP contribution in [-0.2, 0) is 0 Å². The number of hydrogen-bond acceptors (Lipinski definition) is 3. The summed E-state index contributed by atoms with van der Waals surface area (Å²) in [5.74, 6) is 0. The minimum atomic E-state index is 0.00200. The normalized spacial score (nSPS) is 13.1. The minimum absolute atomic E-state index is 0.00200. The second-order valence-corrected chi connectivity index (χ2v) is 15.7. The Kier molecular flexibility index (Phi) is 9.61. The van der Waals surface area contributed by atoms with Gasteiger partial charge in [-0.1, -0.05) is 224 Å². The van der Waals surface area contributed by atoms with E-state index >= 15 is 0 Å². The van der Waals surface area contributed by atoms with Crippen molar-refractivity contribution in [2.45, 2.75) is 6.04 Å². The number of benzene rings is 8. The lowest BCUT2D eigenvalue weighted by Gasteiger charge is -2.24. The average molecular weight is 792 g/mol. The van der Waals surface area contributed by atoms with Gasteiger partial charge in [-0.2, -0.15) is 0 Å². The van der Waals surface area contributed by atoms with Crippen molar-refractivity contribution in [2.75, 3.05) is 5.32 Å². The van der Waals surface area contributed by atoms with Crippen LogP contribution < -0.4 is 5.32 Å². The van der Waals surface area contributed by atoms with Crippen LogP contribution >= 0.6 is 0 Å². The van der Waals surface area contributed by atoms with Crippen molar-refractivity contribution in [3.8, 4) is 78.3 Å². The maximum absolute atomic E-state index is 5.62. The highest BCUT2D eigenvalue weighted by Crippen LogP contribution is 2.49. The predicted octanol–water partition coefficient (Wildman–Crippen LogP) is 15.5. The van der Waals surface area contributed by atoms with Crippen molar-refractivity contribution in [3.05, 3.63) is 242 Å². The number of rotatable bonds is 8. The SMILES string of the molecule is C1=CC(c2ccc(-c3cccc(-c4c(-c5ccccc5)c(-c5ccccc5)nc(-c5ccccc5)c4-c4ccccc4)c3)cc2)Nc2c1ccc1ccc(-c3ccccc3)nc21. The third-order valence-electron chi connectivity index (χ3n) is 11.9. The van der Waals surface area contributed by atoms with E-state index in [1.54, 1.807) is 0 Å². The van der Waals surface area contributed by atoms with Crippen LogP contribution in [0.5, 0.6) is 0 Å². The number of pyridine rings is 2. The van der Waals surface area contributed by atoms with Gasteiger partial charge < -0.3 is 5.32 Å². The monoisotopic (exact) mass is 791 g/mol. The van der Waals surface area contributed by atoms with Crippen LogP contribution in [0.25, 0.3) is 95.3 Å². The highest BCUT2D eigenvalue weighted by Gasteiger charge is 2.25. The number of aromatic nitrogens is 2. The summed E-state index contributed by atoms with van der Waals surface area (Å²) in [5, 5.41) is 4.97. The van der Waals surface area contributed by atoms with Gasteiger partial charge >= 0.3 is 0 Å². The van der Waals surface area contributed by atoms with Gasteiger partial charge in [0.2, 0.25) is 0 Å². The molecule has 10 aromatic rings. The smallest absolute Gasteiger partial charge is 0.0947 e. The molecule has 3 nitrogen and oxygen atoms in total. The lowest BCUT2D eigenvalue weighted by atomic mass is 9.82. The topological polar surface area (TPSA) is 37.8 Å². The second-order valence-electron chi connectivity index (χ2n) is 15.7. The first-order valence-corrected chi connectivity index (χ1v) is 21.2. The van der Waals surface area contributed by atoms with E-state index in [0.29, 0.717) is 0 Å². The Morgan fingerprint density at radius 3 is 1.44 bits per heavy atom. The quantitative estimate of drug-likeness (QED) is 0.167. The molecular weight excluding hydrogens is 751 g/mol. The molecule has 0 saturated carbocycles. The Labute approximate surface area is 362 Å². The fourth-order valence-electron chi connectivity index (χ4n) is 8.86. The van der Waals surface area contributed by atoms with E-state index in [1.165, 1.54) is 5.56 Å². The molecule has 3 heterocycles. The van der Waals surface area contributed by atoms with E-state index in [-0.39, 0.29) is 6.04 Å². The summed E-state index contributed by atoms with van der Waals surface area (Å²) in [6, 6.07) is 79.7. The summed E-state index contributed by atoms with van der Waals surface area (Å²) in [7, 11) is 0. The molecule has 3 heteroatoms. The molecule has 0 saturated heterocycles. The molecule has 292 valence electrons. The first-order valence-electron chi connectivity index (χ1n) is 21.2. The number of anilines is 1. The first-order chi connectivity index (χ1) is 30.7. The van der Waals surface area contributed by atoms with Gasteiger partial charge in [0.15, 0.2) is 0 Å².